The van der Waals surface area contributed by atoms with Gasteiger partial charge >= 0.3 is 5.97 Å². The monoisotopic (exact) mass is 250 g/mol. The molecule has 0 radical (unpaired) electrons. The van der Waals surface area contributed by atoms with Gasteiger partial charge < -0.3 is 4.74 Å². The number of hydrogen-bond acceptors (Lipinski definition) is 2. The molecule has 2 heteroatoms. The summed E-state index contributed by atoms with van der Waals surface area (Å²) in [5, 5.41) is 0. The maximum absolute atomic E-state index is 11.9. The van der Waals surface area contributed by atoms with Gasteiger partial charge in [-0.25, -0.2) is 4.79 Å². The molecule has 102 valence electrons. The third-order valence-electron chi connectivity index (χ3n) is 5.00. The average Bonchev–Trinajstić information content (AvgIpc) is 2.97. The predicted molar refractivity (Wildman–Crippen MR) is 73.2 cm³/mol. The van der Waals surface area contributed by atoms with Gasteiger partial charge in [-0.05, 0) is 38.5 Å². The van der Waals surface area contributed by atoms with Gasteiger partial charge in [-0.2, -0.15) is 0 Å². The molecule has 2 rings (SSSR count). The van der Waals surface area contributed by atoms with Crippen LogP contribution in [0.2, 0.25) is 0 Å². The van der Waals surface area contributed by atoms with Gasteiger partial charge in [0.15, 0.2) is 0 Å². The summed E-state index contributed by atoms with van der Waals surface area (Å²) in [5.41, 5.74) is 0.338. The van der Waals surface area contributed by atoms with Gasteiger partial charge in [0.05, 0.1) is 0 Å². The lowest BCUT2D eigenvalue weighted by atomic mass is 9.78. The van der Waals surface area contributed by atoms with E-state index in [9.17, 15) is 4.79 Å². The van der Waals surface area contributed by atoms with Crippen LogP contribution in [0.3, 0.4) is 0 Å². The molecule has 2 fully saturated rings. The Balaban J connectivity index is 2.13. The first-order valence-electron chi connectivity index (χ1n) is 7.48. The first kappa shape index (κ1) is 13.6. The van der Waals surface area contributed by atoms with E-state index >= 15 is 0 Å². The summed E-state index contributed by atoms with van der Waals surface area (Å²) < 4.78 is 5.90. The van der Waals surface area contributed by atoms with Gasteiger partial charge in [0.2, 0.25) is 0 Å². The van der Waals surface area contributed by atoms with Crippen molar-refractivity contribution in [3.05, 3.63) is 12.2 Å². The van der Waals surface area contributed by atoms with Crippen molar-refractivity contribution in [3.8, 4) is 0 Å². The standard InChI is InChI=1S/C16H26O2/c1-4-16(18-15(17)12(2)3)11-7-10-14(16)13-8-5-6-9-13/h13-14H,2,4-11H2,1,3H3. The van der Waals surface area contributed by atoms with Gasteiger partial charge in [0, 0.05) is 11.5 Å². The highest BCUT2D eigenvalue weighted by Gasteiger charge is 2.48. The van der Waals surface area contributed by atoms with Crippen molar-refractivity contribution >= 4 is 5.97 Å². The van der Waals surface area contributed by atoms with Crippen molar-refractivity contribution in [1.29, 1.82) is 0 Å². The quantitative estimate of drug-likeness (QED) is 0.551. The van der Waals surface area contributed by atoms with E-state index in [1.165, 1.54) is 38.5 Å². The lowest BCUT2D eigenvalue weighted by Gasteiger charge is -2.37. The Kier molecular flexibility index (Phi) is 4.14. The van der Waals surface area contributed by atoms with Gasteiger partial charge in [0.25, 0.3) is 0 Å². The van der Waals surface area contributed by atoms with Crippen LogP contribution < -0.4 is 0 Å². The van der Waals surface area contributed by atoms with Crippen LogP contribution in [0.25, 0.3) is 0 Å². The molecule has 0 heterocycles. The van der Waals surface area contributed by atoms with Gasteiger partial charge in [0.1, 0.15) is 5.60 Å². The number of ether oxygens (including phenoxy) is 1. The lowest BCUT2D eigenvalue weighted by molar-refractivity contribution is -0.161. The van der Waals surface area contributed by atoms with E-state index < -0.39 is 0 Å². The zero-order valence-corrected chi connectivity index (χ0v) is 11.8. The molecule has 2 saturated carbocycles. The first-order valence-corrected chi connectivity index (χ1v) is 7.48. The highest BCUT2D eigenvalue weighted by Crippen LogP contribution is 2.49. The van der Waals surface area contributed by atoms with Crippen LogP contribution in [0.5, 0.6) is 0 Å². The van der Waals surface area contributed by atoms with Crippen molar-refractivity contribution in [3.63, 3.8) is 0 Å². The Morgan fingerprint density at radius 2 is 1.94 bits per heavy atom. The van der Waals surface area contributed by atoms with Gasteiger partial charge in [-0.15, -0.1) is 0 Å². The molecule has 0 aromatic rings. The van der Waals surface area contributed by atoms with E-state index in [0.717, 1.165) is 18.8 Å². The van der Waals surface area contributed by atoms with Crippen molar-refractivity contribution in [2.24, 2.45) is 11.8 Å². The zero-order chi connectivity index (χ0) is 13.2. The number of hydrogen-bond donors (Lipinski definition) is 0. The predicted octanol–water partition coefficient (Wildman–Crippen LogP) is 4.24. The molecule has 0 aromatic heterocycles. The Morgan fingerprint density at radius 1 is 1.28 bits per heavy atom. The number of esters is 1. The summed E-state index contributed by atoms with van der Waals surface area (Å²) >= 11 is 0. The molecule has 2 nitrogen and oxygen atoms in total. The van der Waals surface area contributed by atoms with E-state index in [-0.39, 0.29) is 11.6 Å². The zero-order valence-electron chi connectivity index (χ0n) is 11.8. The third-order valence-corrected chi connectivity index (χ3v) is 5.00. The van der Waals surface area contributed by atoms with Gasteiger partial charge in [-0.3, -0.25) is 0 Å². The van der Waals surface area contributed by atoms with Crippen LogP contribution in [-0.4, -0.2) is 11.6 Å². The highest BCUT2D eigenvalue weighted by molar-refractivity contribution is 5.87. The minimum absolute atomic E-state index is 0.189. The van der Waals surface area contributed by atoms with Gasteiger partial charge in [-0.1, -0.05) is 39.2 Å². The van der Waals surface area contributed by atoms with Crippen LogP contribution in [0.1, 0.15) is 65.2 Å². The molecule has 0 amide bonds. The molecule has 0 bridgehead atoms. The average molecular weight is 250 g/mol. The third kappa shape index (κ3) is 2.48. The van der Waals surface area contributed by atoms with E-state index in [0.29, 0.717) is 11.5 Å². The van der Waals surface area contributed by atoms with E-state index in [1.54, 1.807) is 6.92 Å². The molecule has 2 atom stereocenters. The van der Waals surface area contributed by atoms with Crippen LogP contribution in [-0.2, 0) is 9.53 Å². The first-order chi connectivity index (χ1) is 8.59. The number of rotatable bonds is 4. The molecule has 2 aliphatic rings. The molecular weight excluding hydrogens is 224 g/mol. The molecule has 0 aliphatic heterocycles. The second-order valence-electron chi connectivity index (χ2n) is 6.13. The Morgan fingerprint density at radius 3 is 2.50 bits per heavy atom. The molecule has 0 saturated heterocycles. The Hall–Kier alpha value is -0.790. The van der Waals surface area contributed by atoms with Crippen LogP contribution in [0.15, 0.2) is 12.2 Å². The second kappa shape index (κ2) is 5.46. The topological polar surface area (TPSA) is 26.3 Å². The maximum atomic E-state index is 11.9. The van der Waals surface area contributed by atoms with Crippen molar-refractivity contribution < 1.29 is 9.53 Å². The molecule has 0 aromatic carbocycles. The molecule has 0 N–H and O–H groups in total. The lowest BCUT2D eigenvalue weighted by Crippen LogP contribution is -2.41. The van der Waals surface area contributed by atoms with Crippen molar-refractivity contribution in [2.75, 3.05) is 0 Å². The molecule has 0 spiro atoms. The fourth-order valence-corrected chi connectivity index (χ4v) is 4.00. The molecule has 2 aliphatic carbocycles. The van der Waals surface area contributed by atoms with Crippen molar-refractivity contribution in [1.82, 2.24) is 0 Å². The highest BCUT2D eigenvalue weighted by atomic mass is 16.6. The fraction of sp³-hybridized carbons (Fsp3) is 0.812. The fourth-order valence-electron chi connectivity index (χ4n) is 4.00. The smallest absolute Gasteiger partial charge is 0.333 e. The van der Waals surface area contributed by atoms with Crippen LogP contribution >= 0.6 is 0 Å². The maximum Gasteiger partial charge on any atom is 0.333 e. The normalized spacial score (nSPS) is 32.7. The Labute approximate surface area is 111 Å². The van der Waals surface area contributed by atoms with Crippen molar-refractivity contribution in [2.45, 2.75) is 70.8 Å². The minimum atomic E-state index is -0.193. The molecular formula is C16H26O2. The summed E-state index contributed by atoms with van der Waals surface area (Å²) in [6.45, 7) is 7.62. The summed E-state index contributed by atoms with van der Waals surface area (Å²) in [7, 11) is 0. The van der Waals surface area contributed by atoms with Crippen LogP contribution in [0, 0.1) is 11.8 Å². The van der Waals surface area contributed by atoms with E-state index in [1.807, 2.05) is 0 Å². The summed E-state index contributed by atoms with van der Waals surface area (Å²) in [5.74, 6) is 1.18. The summed E-state index contributed by atoms with van der Waals surface area (Å²) in [6.07, 6.45) is 9.82. The number of carbonyl (C=O) groups is 1. The largest absolute Gasteiger partial charge is 0.455 e. The Bertz CT molecular complexity index is 328. The summed E-state index contributed by atoms with van der Waals surface area (Å²) in [6, 6.07) is 0. The van der Waals surface area contributed by atoms with Crippen LogP contribution in [0.4, 0.5) is 0 Å². The molecule has 18 heavy (non-hydrogen) atoms. The second-order valence-corrected chi connectivity index (χ2v) is 6.13. The summed E-state index contributed by atoms with van der Waals surface area (Å²) in [4.78, 5) is 11.9. The number of carbonyl (C=O) groups excluding carboxylic acids is 1. The molecule has 2 unspecified atom stereocenters. The van der Waals surface area contributed by atoms with E-state index in [2.05, 4.69) is 13.5 Å². The minimum Gasteiger partial charge on any atom is -0.455 e. The SMILES string of the molecule is C=C(C)C(=O)OC1(CC)CCCC1C1CCCC1. The van der Waals surface area contributed by atoms with E-state index in [4.69, 9.17) is 4.74 Å².